The van der Waals surface area contributed by atoms with Crippen LogP contribution in [0.1, 0.15) is 45.1 Å². The lowest BCUT2D eigenvalue weighted by molar-refractivity contribution is -0.162. The fraction of sp³-hybridized carbons (Fsp3) is 0.500. The largest absolute Gasteiger partial charge is 0.460 e. The molecular formula is C26H34FN5O7. The van der Waals surface area contributed by atoms with Gasteiger partial charge in [0.1, 0.15) is 23.2 Å². The average molecular weight is 548 g/mol. The number of piperazine rings is 1. The van der Waals surface area contributed by atoms with E-state index in [9.17, 15) is 28.4 Å². The second kappa shape index (κ2) is 12.1. The van der Waals surface area contributed by atoms with Crippen molar-refractivity contribution in [1.82, 2.24) is 24.9 Å². The van der Waals surface area contributed by atoms with Gasteiger partial charge in [-0.3, -0.25) is 24.3 Å². The first kappa shape index (κ1) is 29.4. The van der Waals surface area contributed by atoms with Crippen molar-refractivity contribution in [2.75, 3.05) is 32.8 Å². The summed E-state index contributed by atoms with van der Waals surface area (Å²) >= 11 is 0. The van der Waals surface area contributed by atoms with Crippen LogP contribution >= 0.6 is 0 Å². The first-order chi connectivity index (χ1) is 18.3. The molecule has 3 rings (SSSR count). The number of esters is 1. The van der Waals surface area contributed by atoms with Crippen LogP contribution in [0.5, 0.6) is 0 Å². The van der Waals surface area contributed by atoms with Crippen molar-refractivity contribution in [3.05, 3.63) is 52.2 Å². The van der Waals surface area contributed by atoms with Gasteiger partial charge in [0.15, 0.2) is 0 Å². The van der Waals surface area contributed by atoms with E-state index in [2.05, 4.69) is 10.4 Å². The van der Waals surface area contributed by atoms with Gasteiger partial charge in [0.25, 0.3) is 11.5 Å². The molecular weight excluding hydrogens is 513 g/mol. The molecule has 3 amide bonds. The Morgan fingerprint density at radius 3 is 2.31 bits per heavy atom. The van der Waals surface area contributed by atoms with Gasteiger partial charge in [-0.2, -0.15) is 0 Å². The highest BCUT2D eigenvalue weighted by atomic mass is 19.1. The Morgan fingerprint density at radius 2 is 1.72 bits per heavy atom. The molecule has 1 fully saturated rings. The number of ether oxygens (including phenoxy) is 2. The normalized spacial score (nSPS) is 15.3. The predicted molar refractivity (Wildman–Crippen MR) is 138 cm³/mol. The summed E-state index contributed by atoms with van der Waals surface area (Å²) in [6.45, 7) is 9.20. The number of carbonyl (C=O) groups excluding carboxylic acids is 4. The molecule has 1 aliphatic heterocycles. The molecule has 1 aromatic heterocycles. The summed E-state index contributed by atoms with van der Waals surface area (Å²) in [7, 11) is 0. The standard InChI is InChI=1S/C26H34FN5O7/c1-6-38-25(37)31-12-10-30(11-13-31)23(35)21(16(2)24(36)39-26(3,4)5)28-22(34)19-15-20(33)32(29-19)18-9-7-8-17(27)14-18/h7-9,14-16,21,29H,6,10-13H2,1-5H3,(H,28,34)/t16?,21-/m0/s1. The average Bonchev–Trinajstić information content (AvgIpc) is 3.27. The minimum Gasteiger partial charge on any atom is -0.460 e. The van der Waals surface area contributed by atoms with E-state index in [1.807, 2.05) is 0 Å². The topological polar surface area (TPSA) is 143 Å². The number of benzene rings is 1. The highest BCUT2D eigenvalue weighted by Gasteiger charge is 2.38. The number of amides is 3. The number of nitrogens with zero attached hydrogens (tertiary/aromatic N) is 3. The highest BCUT2D eigenvalue weighted by Crippen LogP contribution is 2.17. The van der Waals surface area contributed by atoms with Gasteiger partial charge in [0.2, 0.25) is 5.91 Å². The molecule has 1 unspecified atom stereocenters. The van der Waals surface area contributed by atoms with Crippen LogP contribution in [0.3, 0.4) is 0 Å². The molecule has 0 saturated carbocycles. The molecule has 2 heterocycles. The molecule has 212 valence electrons. The van der Waals surface area contributed by atoms with E-state index in [-0.39, 0.29) is 44.2 Å². The number of nitrogens with one attached hydrogen (secondary N) is 2. The van der Waals surface area contributed by atoms with E-state index in [0.717, 1.165) is 16.8 Å². The van der Waals surface area contributed by atoms with Gasteiger partial charge in [-0.15, -0.1) is 0 Å². The zero-order valence-corrected chi connectivity index (χ0v) is 22.7. The van der Waals surface area contributed by atoms with E-state index in [1.165, 1.54) is 34.9 Å². The summed E-state index contributed by atoms with van der Waals surface area (Å²) in [6.07, 6.45) is -0.483. The lowest BCUT2D eigenvalue weighted by Gasteiger charge is -2.37. The van der Waals surface area contributed by atoms with E-state index in [0.29, 0.717) is 0 Å². The Morgan fingerprint density at radius 1 is 1.08 bits per heavy atom. The van der Waals surface area contributed by atoms with Crippen molar-refractivity contribution in [3.8, 4) is 5.69 Å². The summed E-state index contributed by atoms with van der Waals surface area (Å²) in [6, 6.07) is 4.91. The maximum Gasteiger partial charge on any atom is 0.409 e. The zero-order valence-electron chi connectivity index (χ0n) is 22.7. The number of aromatic amines is 1. The van der Waals surface area contributed by atoms with Crippen molar-refractivity contribution in [2.45, 2.75) is 46.3 Å². The monoisotopic (exact) mass is 547 g/mol. The summed E-state index contributed by atoms with van der Waals surface area (Å²) in [5, 5.41) is 5.17. The van der Waals surface area contributed by atoms with Gasteiger partial charge in [-0.05, 0) is 52.8 Å². The van der Waals surface area contributed by atoms with E-state index < -0.39 is 52.8 Å². The van der Waals surface area contributed by atoms with Crippen LogP contribution in [0.15, 0.2) is 35.1 Å². The van der Waals surface area contributed by atoms with Crippen LogP contribution in [-0.2, 0) is 19.1 Å². The smallest absolute Gasteiger partial charge is 0.409 e. The van der Waals surface area contributed by atoms with Gasteiger partial charge in [0.05, 0.1) is 18.2 Å². The first-order valence-electron chi connectivity index (χ1n) is 12.6. The van der Waals surface area contributed by atoms with Crippen LogP contribution in [0.25, 0.3) is 5.69 Å². The van der Waals surface area contributed by atoms with E-state index >= 15 is 0 Å². The van der Waals surface area contributed by atoms with Gasteiger partial charge in [0, 0.05) is 32.2 Å². The predicted octanol–water partition coefficient (Wildman–Crippen LogP) is 1.68. The van der Waals surface area contributed by atoms with E-state index in [1.54, 1.807) is 27.7 Å². The Hall–Kier alpha value is -4.16. The Bertz CT molecular complexity index is 1270. The third-order valence-corrected chi connectivity index (χ3v) is 5.98. The van der Waals surface area contributed by atoms with Gasteiger partial charge >= 0.3 is 12.1 Å². The van der Waals surface area contributed by atoms with E-state index in [4.69, 9.17) is 9.47 Å². The molecule has 12 nitrogen and oxygen atoms in total. The first-order valence-corrected chi connectivity index (χ1v) is 12.6. The molecule has 1 saturated heterocycles. The molecule has 39 heavy (non-hydrogen) atoms. The van der Waals surface area contributed by atoms with Crippen LogP contribution in [-0.4, -0.2) is 87.9 Å². The second-order valence-corrected chi connectivity index (χ2v) is 10.1. The number of hydrogen-bond donors (Lipinski definition) is 2. The van der Waals surface area contributed by atoms with Crippen LogP contribution in [0, 0.1) is 11.7 Å². The highest BCUT2D eigenvalue weighted by molar-refractivity contribution is 5.98. The molecule has 2 aromatic rings. The summed E-state index contributed by atoms with van der Waals surface area (Å²) in [5.41, 5.74) is -1.47. The Kier molecular flexibility index (Phi) is 9.15. The second-order valence-electron chi connectivity index (χ2n) is 10.1. The number of rotatable bonds is 7. The molecule has 13 heteroatoms. The Balaban J connectivity index is 1.82. The van der Waals surface area contributed by atoms with Crippen LogP contribution in [0.2, 0.25) is 0 Å². The van der Waals surface area contributed by atoms with Crippen molar-refractivity contribution >= 4 is 23.9 Å². The number of hydrogen-bond acceptors (Lipinski definition) is 7. The molecule has 1 aromatic carbocycles. The van der Waals surface area contributed by atoms with Crippen LogP contribution < -0.4 is 10.9 Å². The maximum atomic E-state index is 13.7. The maximum absolute atomic E-state index is 13.7. The molecule has 0 aliphatic carbocycles. The fourth-order valence-corrected chi connectivity index (χ4v) is 3.99. The summed E-state index contributed by atoms with van der Waals surface area (Å²) < 4.78 is 25.1. The van der Waals surface area contributed by atoms with Crippen molar-refractivity contribution in [1.29, 1.82) is 0 Å². The van der Waals surface area contributed by atoms with Gasteiger partial charge in [-0.25, -0.2) is 13.9 Å². The number of carbonyl (C=O) groups is 4. The zero-order chi connectivity index (χ0) is 28.9. The SMILES string of the molecule is CCOC(=O)N1CCN(C(=O)[C@@H](NC(=O)c2cc(=O)n(-c3cccc(F)c3)[nH]2)C(C)C(=O)OC(C)(C)C)CC1. The summed E-state index contributed by atoms with van der Waals surface area (Å²) in [5.74, 6) is -3.71. The lowest BCUT2D eigenvalue weighted by Crippen LogP contribution is -2.58. The number of halogens is 1. The molecule has 0 spiro atoms. The van der Waals surface area contributed by atoms with Crippen molar-refractivity contribution in [2.24, 2.45) is 5.92 Å². The molecule has 1 aliphatic rings. The third kappa shape index (κ3) is 7.45. The molecule has 2 N–H and O–H groups in total. The fourth-order valence-electron chi connectivity index (χ4n) is 3.99. The van der Waals surface area contributed by atoms with Gasteiger partial charge < -0.3 is 24.6 Å². The molecule has 2 atom stereocenters. The molecule has 0 radical (unpaired) electrons. The van der Waals surface area contributed by atoms with Crippen molar-refractivity contribution in [3.63, 3.8) is 0 Å². The lowest BCUT2D eigenvalue weighted by atomic mass is 9.99. The van der Waals surface area contributed by atoms with Crippen molar-refractivity contribution < 1.29 is 33.0 Å². The minimum atomic E-state index is -1.33. The Labute approximate surface area is 225 Å². The van der Waals surface area contributed by atoms with Gasteiger partial charge in [-0.1, -0.05) is 6.07 Å². The summed E-state index contributed by atoms with van der Waals surface area (Å²) in [4.78, 5) is 67.0. The third-order valence-electron chi connectivity index (χ3n) is 5.98. The quantitative estimate of drug-likeness (QED) is 0.502. The number of H-pyrrole nitrogens is 1. The minimum absolute atomic E-state index is 0.165. The molecule has 0 bridgehead atoms. The number of aromatic nitrogens is 2. The van der Waals surface area contributed by atoms with Crippen LogP contribution in [0.4, 0.5) is 9.18 Å².